The highest BCUT2D eigenvalue weighted by molar-refractivity contribution is 6.10. The highest BCUT2D eigenvalue weighted by Crippen LogP contribution is 2.37. The molecule has 1 aromatic heterocycles. The largest absolute Gasteiger partial charge is 0.480 e. The number of hydrogen-bond donors (Lipinski definition) is 3. The molecule has 0 unspecified atom stereocenters. The third kappa shape index (κ3) is 4.89. The molecule has 3 N–H and O–H groups in total. The van der Waals surface area contributed by atoms with Crippen LogP contribution in [0.4, 0.5) is 10.5 Å². The lowest BCUT2D eigenvalue weighted by Crippen LogP contribution is -2.43. The fourth-order valence-electron chi connectivity index (χ4n) is 4.86. The van der Waals surface area contributed by atoms with Gasteiger partial charge in [-0.05, 0) is 63.3 Å². The summed E-state index contributed by atoms with van der Waals surface area (Å²) in [6.07, 6.45) is 3.91. The van der Waals surface area contributed by atoms with Crippen LogP contribution < -0.4 is 10.2 Å². The van der Waals surface area contributed by atoms with Crippen LogP contribution in [0.3, 0.4) is 0 Å². The number of nitrogens with one attached hydrogen (secondary N) is 2. The number of alkyl carbamates (subject to hydrolysis) is 1. The molecule has 2 atom stereocenters. The number of carboxylic acids is 1. The second-order valence-corrected chi connectivity index (χ2v) is 9.86. The number of fused-ring (bicyclic) bond motifs is 1. The number of para-hydroxylation sites is 1. The van der Waals surface area contributed by atoms with E-state index in [9.17, 15) is 19.5 Å². The van der Waals surface area contributed by atoms with Gasteiger partial charge < -0.3 is 20.1 Å². The van der Waals surface area contributed by atoms with E-state index in [1.807, 2.05) is 32.9 Å². The van der Waals surface area contributed by atoms with Gasteiger partial charge in [0.1, 0.15) is 17.3 Å². The van der Waals surface area contributed by atoms with Gasteiger partial charge in [0.05, 0.1) is 6.04 Å². The molecule has 1 aliphatic carbocycles. The van der Waals surface area contributed by atoms with Crippen molar-refractivity contribution in [1.82, 2.24) is 10.3 Å². The number of nitrogens with zero attached hydrogens (tertiary/aromatic N) is 1. The number of H-pyrrole nitrogens is 1. The molecule has 176 valence electrons. The summed E-state index contributed by atoms with van der Waals surface area (Å²) in [7, 11) is 0. The highest BCUT2D eigenvalue weighted by Gasteiger charge is 2.39. The number of ether oxygens (including phenoxy) is 1. The first kappa shape index (κ1) is 22.9. The zero-order chi connectivity index (χ0) is 23.8. The van der Waals surface area contributed by atoms with Crippen LogP contribution in [0.25, 0.3) is 0 Å². The minimum Gasteiger partial charge on any atom is -0.480 e. The molecule has 2 amide bonds. The van der Waals surface area contributed by atoms with Gasteiger partial charge in [-0.1, -0.05) is 31.0 Å². The molecular formula is C25H31N3O5. The number of amides is 2. The van der Waals surface area contributed by atoms with Crippen LogP contribution in [0.1, 0.15) is 74.2 Å². The Labute approximate surface area is 193 Å². The fourth-order valence-corrected chi connectivity index (χ4v) is 4.86. The van der Waals surface area contributed by atoms with Crippen LogP contribution >= 0.6 is 0 Å². The second-order valence-electron chi connectivity index (χ2n) is 9.86. The molecule has 0 saturated heterocycles. The summed E-state index contributed by atoms with van der Waals surface area (Å²) in [4.78, 5) is 42.3. The lowest BCUT2D eigenvalue weighted by molar-refractivity contribution is -0.138. The molecule has 2 heterocycles. The fraction of sp³-hybridized carbons (Fsp3) is 0.480. The first-order valence-electron chi connectivity index (χ1n) is 11.5. The van der Waals surface area contributed by atoms with E-state index in [4.69, 9.17) is 4.74 Å². The van der Waals surface area contributed by atoms with Gasteiger partial charge in [0.15, 0.2) is 0 Å². The van der Waals surface area contributed by atoms with Gasteiger partial charge in [0, 0.05) is 17.8 Å². The van der Waals surface area contributed by atoms with Crippen LogP contribution in [0.15, 0.2) is 36.4 Å². The molecule has 2 aliphatic rings. The maximum absolute atomic E-state index is 13.4. The summed E-state index contributed by atoms with van der Waals surface area (Å²) < 4.78 is 5.46. The number of carbonyl (C=O) groups is 3. The number of rotatable bonds is 5. The molecule has 2 aromatic rings. The summed E-state index contributed by atoms with van der Waals surface area (Å²) in [6.45, 7) is 5.44. The molecule has 8 nitrogen and oxygen atoms in total. The molecule has 0 spiro atoms. The van der Waals surface area contributed by atoms with E-state index in [0.717, 1.165) is 36.9 Å². The molecule has 8 heteroatoms. The minimum atomic E-state index is -1.04. The van der Waals surface area contributed by atoms with Crippen molar-refractivity contribution in [2.45, 2.75) is 70.6 Å². The number of aromatic nitrogens is 1. The molecule has 0 bridgehead atoms. The van der Waals surface area contributed by atoms with Crippen molar-refractivity contribution in [3.63, 3.8) is 0 Å². The molecule has 1 fully saturated rings. The first-order chi connectivity index (χ1) is 15.6. The number of carbonyl (C=O) groups excluding carboxylic acids is 2. The predicted molar refractivity (Wildman–Crippen MR) is 123 cm³/mol. The lowest BCUT2D eigenvalue weighted by Gasteiger charge is -2.27. The molecule has 4 rings (SSSR count). The average Bonchev–Trinajstić information content (AvgIpc) is 3.49. The van der Waals surface area contributed by atoms with Gasteiger partial charge >= 0.3 is 12.1 Å². The van der Waals surface area contributed by atoms with Crippen LogP contribution in [0.2, 0.25) is 0 Å². The van der Waals surface area contributed by atoms with Gasteiger partial charge in [-0.15, -0.1) is 0 Å². The Morgan fingerprint density at radius 3 is 2.48 bits per heavy atom. The van der Waals surface area contributed by atoms with Gasteiger partial charge in [-0.2, -0.15) is 0 Å². The third-order valence-electron chi connectivity index (χ3n) is 6.30. The van der Waals surface area contributed by atoms with E-state index < -0.39 is 29.6 Å². The van der Waals surface area contributed by atoms with Crippen molar-refractivity contribution in [1.29, 1.82) is 0 Å². The average molecular weight is 454 g/mol. The Hall–Kier alpha value is -3.29. The molecule has 33 heavy (non-hydrogen) atoms. The SMILES string of the molecule is CC(C)(C)OC(=O)N[C@H](c1ccc(C(=O)N2c3ccccc3C[C@H]2C(=O)O)[nH]1)C1CCCC1. The number of benzene rings is 1. The maximum atomic E-state index is 13.4. The maximum Gasteiger partial charge on any atom is 0.408 e. The van der Waals surface area contributed by atoms with E-state index in [-0.39, 0.29) is 18.4 Å². The van der Waals surface area contributed by atoms with E-state index >= 15 is 0 Å². The number of aromatic amines is 1. The van der Waals surface area contributed by atoms with Gasteiger partial charge in [0.25, 0.3) is 5.91 Å². The smallest absolute Gasteiger partial charge is 0.408 e. The van der Waals surface area contributed by atoms with Crippen molar-refractivity contribution >= 4 is 23.7 Å². The molecule has 1 aromatic carbocycles. The lowest BCUT2D eigenvalue weighted by atomic mass is 9.95. The number of carboxylic acid groups (broad SMARTS) is 1. The zero-order valence-electron chi connectivity index (χ0n) is 19.3. The van der Waals surface area contributed by atoms with Crippen LogP contribution in [-0.4, -0.2) is 39.7 Å². The number of hydrogen-bond acceptors (Lipinski definition) is 4. The van der Waals surface area contributed by atoms with Gasteiger partial charge in [0.2, 0.25) is 0 Å². The predicted octanol–water partition coefficient (Wildman–Crippen LogP) is 4.43. The second kappa shape index (κ2) is 8.92. The zero-order valence-corrected chi connectivity index (χ0v) is 19.3. The van der Waals surface area contributed by atoms with Gasteiger partial charge in [-0.3, -0.25) is 9.69 Å². The summed E-state index contributed by atoms with van der Waals surface area (Å²) in [5, 5.41) is 12.7. The molecule has 1 aliphatic heterocycles. The monoisotopic (exact) mass is 453 g/mol. The third-order valence-corrected chi connectivity index (χ3v) is 6.30. The van der Waals surface area contributed by atoms with Crippen molar-refractivity contribution in [2.24, 2.45) is 5.92 Å². The summed E-state index contributed by atoms with van der Waals surface area (Å²) in [5.74, 6) is -1.21. The van der Waals surface area contributed by atoms with Crippen molar-refractivity contribution in [3.8, 4) is 0 Å². The van der Waals surface area contributed by atoms with Crippen molar-refractivity contribution in [2.75, 3.05) is 4.90 Å². The highest BCUT2D eigenvalue weighted by atomic mass is 16.6. The summed E-state index contributed by atoms with van der Waals surface area (Å²) in [5.41, 5.74) is 1.85. The Morgan fingerprint density at radius 1 is 1.12 bits per heavy atom. The van der Waals surface area contributed by atoms with Crippen LogP contribution in [0.5, 0.6) is 0 Å². The van der Waals surface area contributed by atoms with E-state index in [0.29, 0.717) is 11.4 Å². The number of aliphatic carboxylic acids is 1. The molecule has 0 radical (unpaired) electrons. The summed E-state index contributed by atoms with van der Waals surface area (Å²) in [6, 6.07) is 9.45. The van der Waals surface area contributed by atoms with E-state index in [1.54, 1.807) is 24.3 Å². The normalized spacial score (nSPS) is 19.2. The summed E-state index contributed by atoms with van der Waals surface area (Å²) >= 11 is 0. The Balaban J connectivity index is 1.59. The quantitative estimate of drug-likeness (QED) is 0.620. The number of anilines is 1. The van der Waals surface area contributed by atoms with Gasteiger partial charge in [-0.25, -0.2) is 9.59 Å². The van der Waals surface area contributed by atoms with Crippen molar-refractivity contribution < 1.29 is 24.2 Å². The Kier molecular flexibility index (Phi) is 6.19. The van der Waals surface area contributed by atoms with Crippen LogP contribution in [-0.2, 0) is 16.0 Å². The molecular weight excluding hydrogens is 422 g/mol. The molecule has 1 saturated carbocycles. The first-order valence-corrected chi connectivity index (χ1v) is 11.5. The Morgan fingerprint density at radius 2 is 1.82 bits per heavy atom. The van der Waals surface area contributed by atoms with Crippen LogP contribution in [0, 0.1) is 5.92 Å². The Bertz CT molecular complexity index is 1050. The topological polar surface area (TPSA) is 112 Å². The van der Waals surface area contributed by atoms with E-state index in [1.165, 1.54) is 4.90 Å². The van der Waals surface area contributed by atoms with E-state index in [2.05, 4.69) is 10.3 Å². The minimum absolute atomic E-state index is 0.235. The van der Waals surface area contributed by atoms with Crippen molar-refractivity contribution in [3.05, 3.63) is 53.3 Å². The standard InChI is InChI=1S/C25H31N3O5/c1-25(2,3)33-24(32)27-21(15-8-4-5-9-15)17-12-13-18(26-17)22(29)28-19-11-7-6-10-16(19)14-20(28)23(30)31/h6-7,10-13,15,20-21,26H,4-5,8-9,14H2,1-3H3,(H,27,32)(H,30,31)/t20-,21-/m0/s1.